The van der Waals surface area contributed by atoms with E-state index in [1.165, 1.54) is 6.07 Å². The van der Waals surface area contributed by atoms with Crippen molar-refractivity contribution in [3.63, 3.8) is 0 Å². The fourth-order valence-corrected chi connectivity index (χ4v) is 2.75. The van der Waals surface area contributed by atoms with Gasteiger partial charge in [-0.25, -0.2) is 0 Å². The molecule has 1 unspecified atom stereocenters. The molecular weight excluding hydrogens is 313 g/mol. The number of aliphatic carboxylic acids is 1. The first-order chi connectivity index (χ1) is 11.2. The molecule has 0 aromatic heterocycles. The van der Waals surface area contributed by atoms with Crippen LogP contribution < -0.4 is 5.46 Å². The molecule has 0 saturated carbocycles. The summed E-state index contributed by atoms with van der Waals surface area (Å²) >= 11 is 0. The van der Waals surface area contributed by atoms with Crippen LogP contribution >= 0.6 is 0 Å². The van der Waals surface area contributed by atoms with Crippen LogP contribution in [0.2, 0.25) is 0 Å². The van der Waals surface area contributed by atoms with E-state index in [0.29, 0.717) is 30.7 Å². The van der Waals surface area contributed by atoms with E-state index in [0.717, 1.165) is 0 Å². The van der Waals surface area contributed by atoms with E-state index in [4.69, 9.17) is 14.4 Å². The predicted octanol–water partition coefficient (Wildman–Crippen LogP) is 2.33. The van der Waals surface area contributed by atoms with Crippen LogP contribution in [-0.4, -0.2) is 36.3 Å². The maximum atomic E-state index is 11.5. The van der Waals surface area contributed by atoms with Crippen molar-refractivity contribution in [3.8, 4) is 0 Å². The number of carbonyl (C=O) groups is 1. The predicted molar refractivity (Wildman–Crippen MR) is 89.5 cm³/mol. The van der Waals surface area contributed by atoms with Crippen molar-refractivity contribution in [1.82, 2.24) is 0 Å². The molecule has 1 aromatic rings. The molecule has 2 rings (SSSR count). The van der Waals surface area contributed by atoms with Gasteiger partial charge in [-0.05, 0) is 17.9 Å². The lowest BCUT2D eigenvalue weighted by Gasteiger charge is -2.33. The van der Waals surface area contributed by atoms with Gasteiger partial charge in [0.25, 0.3) is 5.69 Å². The van der Waals surface area contributed by atoms with Crippen molar-refractivity contribution < 1.29 is 24.1 Å². The Hall–Kier alpha value is -1.93. The number of nitrogens with zero attached hydrogens (tertiary/aromatic N) is 1. The number of carboxylic acid groups (broad SMARTS) is 1. The molecule has 0 bridgehead atoms. The van der Waals surface area contributed by atoms with Crippen molar-refractivity contribution in [2.45, 2.75) is 39.5 Å². The van der Waals surface area contributed by atoms with Gasteiger partial charge in [-0.15, -0.1) is 0 Å². The molecule has 130 valence electrons. The van der Waals surface area contributed by atoms with Crippen molar-refractivity contribution in [1.29, 1.82) is 0 Å². The minimum Gasteiger partial charge on any atom is -0.481 e. The summed E-state index contributed by atoms with van der Waals surface area (Å²) in [6.45, 7) is 6.76. The van der Waals surface area contributed by atoms with Gasteiger partial charge >= 0.3 is 13.1 Å². The topological polar surface area (TPSA) is 98.9 Å². The van der Waals surface area contributed by atoms with E-state index in [9.17, 15) is 14.9 Å². The first kappa shape index (κ1) is 18.4. The minimum atomic E-state index is -0.922. The first-order valence-electron chi connectivity index (χ1n) is 7.96. The van der Waals surface area contributed by atoms with Crippen LogP contribution in [0.4, 0.5) is 5.69 Å². The maximum Gasteiger partial charge on any atom is 0.500 e. The molecule has 24 heavy (non-hydrogen) atoms. The number of hydrogen-bond donors (Lipinski definition) is 1. The van der Waals surface area contributed by atoms with E-state index < -0.39 is 18.0 Å². The molecule has 8 heteroatoms. The zero-order chi connectivity index (χ0) is 17.9. The number of nitro groups is 1. The van der Waals surface area contributed by atoms with Crippen LogP contribution in [0.25, 0.3) is 0 Å². The molecular formula is C16H22BNO6. The van der Waals surface area contributed by atoms with Crippen molar-refractivity contribution in [2.75, 3.05) is 13.2 Å². The van der Waals surface area contributed by atoms with Gasteiger partial charge in [0.2, 0.25) is 0 Å². The Morgan fingerprint density at radius 2 is 2.04 bits per heavy atom. The van der Waals surface area contributed by atoms with Crippen LogP contribution in [0.1, 0.15) is 45.1 Å². The van der Waals surface area contributed by atoms with E-state index in [1.807, 2.05) is 20.8 Å². The monoisotopic (exact) mass is 335 g/mol. The number of rotatable bonds is 6. The zero-order valence-electron chi connectivity index (χ0n) is 14.2. The van der Waals surface area contributed by atoms with Crippen molar-refractivity contribution in [2.24, 2.45) is 5.41 Å². The standard InChI is InChI=1S/C16H22BNO6/c1-4-11(8-15(19)20)12-5-6-13(14(7-12)18(21)22)17-23-9-16(2,3)10-24-17/h5-7,11H,4,8-10H2,1-3H3,(H,19,20). The van der Waals surface area contributed by atoms with Gasteiger partial charge in [0.1, 0.15) is 0 Å². The molecule has 1 saturated heterocycles. The lowest BCUT2D eigenvalue weighted by molar-refractivity contribution is -0.383. The number of carboxylic acids is 1. The quantitative estimate of drug-likeness (QED) is 0.487. The Labute approximate surface area is 141 Å². The van der Waals surface area contributed by atoms with Crippen LogP contribution in [-0.2, 0) is 14.1 Å². The largest absolute Gasteiger partial charge is 0.500 e. The third-order valence-corrected chi connectivity index (χ3v) is 4.14. The molecule has 1 aromatic carbocycles. The summed E-state index contributed by atoms with van der Waals surface area (Å²) in [6.07, 6.45) is 0.533. The highest BCUT2D eigenvalue weighted by atomic mass is 16.6. The number of nitro benzene ring substituents is 1. The second-order valence-electron chi connectivity index (χ2n) is 6.90. The normalized spacial score (nSPS) is 18.2. The molecule has 0 aliphatic carbocycles. The summed E-state index contributed by atoms with van der Waals surface area (Å²) in [5.41, 5.74) is 0.789. The van der Waals surface area contributed by atoms with E-state index in [1.54, 1.807) is 12.1 Å². The zero-order valence-corrected chi connectivity index (χ0v) is 14.2. The second kappa shape index (κ2) is 7.31. The Morgan fingerprint density at radius 3 is 2.54 bits per heavy atom. The van der Waals surface area contributed by atoms with E-state index >= 15 is 0 Å². The van der Waals surface area contributed by atoms with E-state index in [2.05, 4.69) is 0 Å². The Morgan fingerprint density at radius 1 is 1.42 bits per heavy atom. The molecule has 1 heterocycles. The summed E-state index contributed by atoms with van der Waals surface area (Å²) in [7, 11) is -0.771. The summed E-state index contributed by atoms with van der Waals surface area (Å²) in [6, 6.07) is 4.78. The fraction of sp³-hybridized carbons (Fsp3) is 0.562. The summed E-state index contributed by atoms with van der Waals surface area (Å²) in [5.74, 6) is -1.18. The van der Waals surface area contributed by atoms with Gasteiger partial charge in [-0.3, -0.25) is 14.9 Å². The van der Waals surface area contributed by atoms with Gasteiger partial charge in [0, 0.05) is 24.7 Å². The molecule has 1 aliphatic heterocycles. The Balaban J connectivity index is 2.30. The average molecular weight is 335 g/mol. The highest BCUT2D eigenvalue weighted by molar-refractivity contribution is 6.63. The smallest absolute Gasteiger partial charge is 0.481 e. The van der Waals surface area contributed by atoms with E-state index in [-0.39, 0.29) is 23.4 Å². The first-order valence-corrected chi connectivity index (χ1v) is 7.96. The third kappa shape index (κ3) is 4.33. The summed E-state index contributed by atoms with van der Waals surface area (Å²) < 4.78 is 11.3. The molecule has 1 N–H and O–H groups in total. The molecule has 0 radical (unpaired) electrons. The van der Waals surface area contributed by atoms with Crippen LogP contribution in [0.3, 0.4) is 0 Å². The van der Waals surface area contributed by atoms with Crippen LogP contribution in [0.15, 0.2) is 18.2 Å². The molecule has 1 fully saturated rings. The van der Waals surface area contributed by atoms with Crippen LogP contribution in [0, 0.1) is 15.5 Å². The lowest BCUT2D eigenvalue weighted by atomic mass is 9.74. The molecule has 1 aliphatic rings. The van der Waals surface area contributed by atoms with Gasteiger partial charge in [-0.1, -0.05) is 32.9 Å². The van der Waals surface area contributed by atoms with Crippen molar-refractivity contribution >= 4 is 24.2 Å². The van der Waals surface area contributed by atoms with Crippen molar-refractivity contribution in [3.05, 3.63) is 33.9 Å². The SMILES string of the molecule is CCC(CC(=O)O)c1ccc(B2OCC(C)(C)CO2)c([N+](=O)[O-])c1. The lowest BCUT2D eigenvalue weighted by Crippen LogP contribution is -2.48. The number of hydrogen-bond acceptors (Lipinski definition) is 5. The molecule has 7 nitrogen and oxygen atoms in total. The maximum absolute atomic E-state index is 11.5. The Bertz CT molecular complexity index is 623. The van der Waals surface area contributed by atoms with Crippen LogP contribution in [0.5, 0.6) is 0 Å². The van der Waals surface area contributed by atoms with Gasteiger partial charge < -0.3 is 14.4 Å². The fourth-order valence-electron chi connectivity index (χ4n) is 2.75. The Kier molecular flexibility index (Phi) is 5.61. The molecule has 0 spiro atoms. The van der Waals surface area contributed by atoms with Gasteiger partial charge in [0.05, 0.1) is 16.8 Å². The van der Waals surface area contributed by atoms with Gasteiger partial charge in [0.15, 0.2) is 0 Å². The van der Waals surface area contributed by atoms with Gasteiger partial charge in [-0.2, -0.15) is 0 Å². The second-order valence-corrected chi connectivity index (χ2v) is 6.90. The third-order valence-electron chi connectivity index (χ3n) is 4.14. The molecule has 0 amide bonds. The summed E-state index contributed by atoms with van der Waals surface area (Å²) in [4.78, 5) is 21.9. The summed E-state index contributed by atoms with van der Waals surface area (Å²) in [5, 5.41) is 20.4. The minimum absolute atomic E-state index is 0.0579. The molecule has 1 atom stereocenters. The highest BCUT2D eigenvalue weighted by Gasteiger charge is 2.37. The highest BCUT2D eigenvalue weighted by Crippen LogP contribution is 2.27. The number of benzene rings is 1. The average Bonchev–Trinajstić information content (AvgIpc) is 2.52.